The standard InChI is InChI=1S/C16H20O/c1-13(11-14-7-3-2-4-8-14)15-9-5-6-10-16(17)12-15/h2-4,7-8,11,15H,5-6,9-10,12H2,1H3/b13-11+. The molecule has 0 saturated heterocycles. The van der Waals surface area contributed by atoms with Gasteiger partial charge in [-0.3, -0.25) is 4.79 Å². The van der Waals surface area contributed by atoms with Gasteiger partial charge in [0.15, 0.2) is 0 Å². The highest BCUT2D eigenvalue weighted by Crippen LogP contribution is 2.28. The van der Waals surface area contributed by atoms with Gasteiger partial charge in [0.25, 0.3) is 0 Å². The third-order valence-corrected chi connectivity index (χ3v) is 3.57. The Kier molecular flexibility index (Phi) is 4.13. The topological polar surface area (TPSA) is 17.1 Å². The normalized spacial score (nSPS) is 22.3. The van der Waals surface area contributed by atoms with Crippen LogP contribution in [0.25, 0.3) is 6.08 Å². The van der Waals surface area contributed by atoms with Crippen LogP contribution in [0.5, 0.6) is 0 Å². The molecule has 1 aliphatic rings. The zero-order valence-corrected chi connectivity index (χ0v) is 10.5. The number of carbonyl (C=O) groups is 1. The summed E-state index contributed by atoms with van der Waals surface area (Å²) in [4.78, 5) is 11.6. The highest BCUT2D eigenvalue weighted by Gasteiger charge is 2.18. The first-order valence-corrected chi connectivity index (χ1v) is 6.50. The number of Topliss-reactive ketones (excluding diaryl/α,β-unsaturated/α-hetero) is 1. The summed E-state index contributed by atoms with van der Waals surface area (Å²) in [5.41, 5.74) is 2.59. The van der Waals surface area contributed by atoms with Gasteiger partial charge in [0.2, 0.25) is 0 Å². The lowest BCUT2D eigenvalue weighted by atomic mass is 9.91. The molecule has 1 saturated carbocycles. The molecule has 1 unspecified atom stereocenters. The summed E-state index contributed by atoms with van der Waals surface area (Å²) < 4.78 is 0. The molecule has 2 rings (SSSR count). The second-order valence-electron chi connectivity index (χ2n) is 4.98. The van der Waals surface area contributed by atoms with Crippen molar-refractivity contribution in [2.75, 3.05) is 0 Å². The van der Waals surface area contributed by atoms with Crippen molar-refractivity contribution in [1.82, 2.24) is 0 Å². The van der Waals surface area contributed by atoms with Gasteiger partial charge in [0.1, 0.15) is 5.78 Å². The van der Waals surface area contributed by atoms with Gasteiger partial charge in [-0.15, -0.1) is 0 Å². The maximum absolute atomic E-state index is 11.6. The van der Waals surface area contributed by atoms with Crippen LogP contribution in [0.1, 0.15) is 44.6 Å². The minimum absolute atomic E-state index is 0.438. The molecule has 1 aromatic carbocycles. The van der Waals surface area contributed by atoms with Crippen molar-refractivity contribution in [1.29, 1.82) is 0 Å². The van der Waals surface area contributed by atoms with Crippen LogP contribution in [0.3, 0.4) is 0 Å². The molecular formula is C16H20O. The number of ketones is 1. The van der Waals surface area contributed by atoms with Gasteiger partial charge in [0.05, 0.1) is 0 Å². The van der Waals surface area contributed by atoms with Gasteiger partial charge < -0.3 is 0 Å². The van der Waals surface area contributed by atoms with Crippen LogP contribution in [0.15, 0.2) is 35.9 Å². The van der Waals surface area contributed by atoms with Crippen LogP contribution in [0, 0.1) is 5.92 Å². The summed E-state index contributed by atoms with van der Waals surface area (Å²) >= 11 is 0. The summed E-state index contributed by atoms with van der Waals surface area (Å²) in [6, 6.07) is 10.4. The number of hydrogen-bond donors (Lipinski definition) is 0. The average Bonchev–Trinajstić information content (AvgIpc) is 2.55. The van der Waals surface area contributed by atoms with Crippen molar-refractivity contribution in [2.24, 2.45) is 5.92 Å². The predicted molar refractivity (Wildman–Crippen MR) is 71.7 cm³/mol. The molecule has 0 radical (unpaired) electrons. The molecule has 1 nitrogen and oxygen atoms in total. The summed E-state index contributed by atoms with van der Waals surface area (Å²) in [5, 5.41) is 0. The van der Waals surface area contributed by atoms with Gasteiger partial charge in [-0.05, 0) is 31.2 Å². The second-order valence-corrected chi connectivity index (χ2v) is 4.98. The molecule has 0 aliphatic heterocycles. The van der Waals surface area contributed by atoms with E-state index >= 15 is 0 Å². The third kappa shape index (κ3) is 3.55. The minimum atomic E-state index is 0.438. The fraction of sp³-hybridized carbons (Fsp3) is 0.438. The molecule has 1 heteroatoms. The number of allylic oxidation sites excluding steroid dienone is 1. The van der Waals surface area contributed by atoms with Crippen LogP contribution >= 0.6 is 0 Å². The largest absolute Gasteiger partial charge is 0.300 e. The maximum Gasteiger partial charge on any atom is 0.133 e. The smallest absolute Gasteiger partial charge is 0.133 e. The van der Waals surface area contributed by atoms with Crippen LogP contribution < -0.4 is 0 Å². The van der Waals surface area contributed by atoms with Gasteiger partial charge >= 0.3 is 0 Å². The Hall–Kier alpha value is -1.37. The van der Waals surface area contributed by atoms with Gasteiger partial charge in [0, 0.05) is 12.8 Å². The Balaban J connectivity index is 2.10. The second kappa shape index (κ2) is 5.81. The fourth-order valence-corrected chi connectivity index (χ4v) is 2.51. The quantitative estimate of drug-likeness (QED) is 0.692. The first-order valence-electron chi connectivity index (χ1n) is 6.50. The molecule has 0 aromatic heterocycles. The number of rotatable bonds is 2. The summed E-state index contributed by atoms with van der Waals surface area (Å²) in [7, 11) is 0. The highest BCUT2D eigenvalue weighted by atomic mass is 16.1. The zero-order valence-electron chi connectivity index (χ0n) is 10.5. The highest BCUT2D eigenvalue weighted by molar-refractivity contribution is 5.79. The Morgan fingerprint density at radius 2 is 2.00 bits per heavy atom. The van der Waals surface area contributed by atoms with Crippen molar-refractivity contribution in [3.63, 3.8) is 0 Å². The van der Waals surface area contributed by atoms with E-state index < -0.39 is 0 Å². The van der Waals surface area contributed by atoms with Crippen molar-refractivity contribution in [3.8, 4) is 0 Å². The SMILES string of the molecule is C/C(=C\c1ccccc1)C1CCCCC(=O)C1. The van der Waals surface area contributed by atoms with Crippen molar-refractivity contribution >= 4 is 11.9 Å². The van der Waals surface area contributed by atoms with Crippen molar-refractivity contribution < 1.29 is 4.79 Å². The van der Waals surface area contributed by atoms with Crippen LogP contribution in [0.4, 0.5) is 0 Å². The zero-order chi connectivity index (χ0) is 12.1. The van der Waals surface area contributed by atoms with Gasteiger partial charge in [-0.1, -0.05) is 48.4 Å². The first kappa shape index (κ1) is 12.1. The third-order valence-electron chi connectivity index (χ3n) is 3.57. The molecule has 0 N–H and O–H groups in total. The number of hydrogen-bond acceptors (Lipinski definition) is 1. The average molecular weight is 228 g/mol. The molecule has 1 atom stereocenters. The van der Waals surface area contributed by atoms with E-state index in [9.17, 15) is 4.79 Å². The fourth-order valence-electron chi connectivity index (χ4n) is 2.51. The Bertz CT molecular complexity index is 403. The molecular weight excluding hydrogens is 208 g/mol. The molecule has 17 heavy (non-hydrogen) atoms. The maximum atomic E-state index is 11.6. The Morgan fingerprint density at radius 3 is 2.76 bits per heavy atom. The van der Waals surface area contributed by atoms with Crippen molar-refractivity contribution in [3.05, 3.63) is 41.5 Å². The van der Waals surface area contributed by atoms with E-state index in [0.717, 1.165) is 19.3 Å². The molecule has 1 aromatic rings. The van der Waals surface area contributed by atoms with E-state index in [2.05, 4.69) is 37.3 Å². The van der Waals surface area contributed by atoms with E-state index in [4.69, 9.17) is 0 Å². The number of benzene rings is 1. The molecule has 90 valence electrons. The van der Waals surface area contributed by atoms with E-state index in [1.807, 2.05) is 6.07 Å². The van der Waals surface area contributed by atoms with Gasteiger partial charge in [-0.25, -0.2) is 0 Å². The van der Waals surface area contributed by atoms with Gasteiger partial charge in [-0.2, -0.15) is 0 Å². The minimum Gasteiger partial charge on any atom is -0.300 e. The predicted octanol–water partition coefficient (Wildman–Crippen LogP) is 4.24. The van der Waals surface area contributed by atoms with E-state index in [-0.39, 0.29) is 0 Å². The van der Waals surface area contributed by atoms with Crippen LogP contribution in [0.2, 0.25) is 0 Å². The first-order chi connectivity index (χ1) is 8.25. The molecule has 0 bridgehead atoms. The Morgan fingerprint density at radius 1 is 1.24 bits per heavy atom. The summed E-state index contributed by atoms with van der Waals surface area (Å²) in [6.45, 7) is 2.16. The van der Waals surface area contributed by atoms with E-state index in [0.29, 0.717) is 11.7 Å². The summed E-state index contributed by atoms with van der Waals surface area (Å²) in [6.07, 6.45) is 7.19. The van der Waals surface area contributed by atoms with Crippen LogP contribution in [-0.2, 0) is 4.79 Å². The molecule has 1 aliphatic carbocycles. The Labute approximate surface area is 104 Å². The molecule has 1 fully saturated rings. The monoisotopic (exact) mass is 228 g/mol. The lowest BCUT2D eigenvalue weighted by molar-refractivity contribution is -0.119. The van der Waals surface area contributed by atoms with E-state index in [1.54, 1.807) is 0 Å². The number of carbonyl (C=O) groups excluding carboxylic acids is 1. The summed E-state index contributed by atoms with van der Waals surface area (Å²) in [5.74, 6) is 0.901. The lowest BCUT2D eigenvalue weighted by Gasteiger charge is -2.14. The lowest BCUT2D eigenvalue weighted by Crippen LogP contribution is -2.06. The van der Waals surface area contributed by atoms with Crippen molar-refractivity contribution in [2.45, 2.75) is 39.0 Å². The van der Waals surface area contributed by atoms with E-state index in [1.165, 1.54) is 24.0 Å². The molecule has 0 amide bonds. The van der Waals surface area contributed by atoms with Crippen LogP contribution in [-0.4, -0.2) is 5.78 Å². The molecule has 0 heterocycles. The molecule has 0 spiro atoms.